The van der Waals surface area contributed by atoms with Crippen molar-refractivity contribution in [3.05, 3.63) is 46.2 Å². The number of thiophene rings is 1. The standard InChI is InChI=1S/C18H23N3OS/c1-3-20-8-10-21(11-9-20)16-7-6-15(13-14(16)2)19-18(22)17-5-4-12-23-17/h4-7,12-13H,3,8-11H2,1-2H3,(H,19,22). The van der Waals surface area contributed by atoms with Gasteiger partial charge >= 0.3 is 0 Å². The third kappa shape index (κ3) is 3.74. The highest BCUT2D eigenvalue weighted by atomic mass is 32.1. The molecule has 0 atom stereocenters. The zero-order chi connectivity index (χ0) is 16.2. The van der Waals surface area contributed by atoms with E-state index < -0.39 is 0 Å². The van der Waals surface area contributed by atoms with Crippen molar-refractivity contribution in [3.63, 3.8) is 0 Å². The molecule has 1 amide bonds. The lowest BCUT2D eigenvalue weighted by molar-refractivity contribution is 0.103. The van der Waals surface area contributed by atoms with E-state index in [0.717, 1.165) is 43.3 Å². The maximum Gasteiger partial charge on any atom is 0.265 e. The van der Waals surface area contributed by atoms with Gasteiger partial charge in [0.1, 0.15) is 0 Å². The van der Waals surface area contributed by atoms with Crippen LogP contribution in [0.3, 0.4) is 0 Å². The normalized spacial score (nSPS) is 15.7. The molecule has 0 spiro atoms. The van der Waals surface area contributed by atoms with Crippen LogP contribution in [0.5, 0.6) is 0 Å². The first kappa shape index (κ1) is 16.0. The minimum Gasteiger partial charge on any atom is -0.369 e. The SMILES string of the molecule is CCN1CCN(c2ccc(NC(=O)c3cccs3)cc2C)CC1. The van der Waals surface area contributed by atoms with Crippen LogP contribution < -0.4 is 10.2 Å². The Morgan fingerprint density at radius 2 is 2.00 bits per heavy atom. The van der Waals surface area contributed by atoms with Crippen LogP contribution in [0.1, 0.15) is 22.2 Å². The molecule has 1 aromatic heterocycles. The van der Waals surface area contributed by atoms with Crippen molar-refractivity contribution in [2.45, 2.75) is 13.8 Å². The molecule has 2 aromatic rings. The number of hydrogen-bond donors (Lipinski definition) is 1. The van der Waals surface area contributed by atoms with E-state index in [1.807, 2.05) is 23.6 Å². The zero-order valence-corrected chi connectivity index (χ0v) is 14.5. The molecular formula is C18H23N3OS. The van der Waals surface area contributed by atoms with Crippen LogP contribution in [0, 0.1) is 6.92 Å². The van der Waals surface area contributed by atoms with Crippen LogP contribution in [0.15, 0.2) is 35.7 Å². The van der Waals surface area contributed by atoms with Crippen LogP contribution in [-0.4, -0.2) is 43.5 Å². The number of benzene rings is 1. The van der Waals surface area contributed by atoms with E-state index in [-0.39, 0.29) is 5.91 Å². The summed E-state index contributed by atoms with van der Waals surface area (Å²) in [6.07, 6.45) is 0. The Morgan fingerprint density at radius 3 is 2.61 bits per heavy atom. The number of rotatable bonds is 4. The molecule has 3 rings (SSSR count). The number of nitrogens with zero attached hydrogens (tertiary/aromatic N) is 2. The summed E-state index contributed by atoms with van der Waals surface area (Å²) >= 11 is 1.46. The Kier molecular flexibility index (Phi) is 4.98. The lowest BCUT2D eigenvalue weighted by Crippen LogP contribution is -2.46. The molecule has 0 bridgehead atoms. The van der Waals surface area contributed by atoms with Crippen molar-refractivity contribution >= 4 is 28.6 Å². The molecule has 0 aliphatic carbocycles. The molecule has 1 aliphatic heterocycles. The quantitative estimate of drug-likeness (QED) is 0.933. The van der Waals surface area contributed by atoms with Gasteiger partial charge in [-0.05, 0) is 48.7 Å². The number of nitrogens with one attached hydrogen (secondary N) is 1. The molecule has 5 heteroatoms. The zero-order valence-electron chi connectivity index (χ0n) is 13.7. The number of likely N-dealkylation sites (N-methyl/N-ethyl adjacent to an activating group) is 1. The molecule has 4 nitrogen and oxygen atoms in total. The minimum atomic E-state index is -0.0382. The Balaban J connectivity index is 1.67. The van der Waals surface area contributed by atoms with Crippen molar-refractivity contribution in [1.82, 2.24) is 4.90 Å². The van der Waals surface area contributed by atoms with Gasteiger partial charge in [-0.1, -0.05) is 13.0 Å². The van der Waals surface area contributed by atoms with E-state index in [4.69, 9.17) is 0 Å². The molecular weight excluding hydrogens is 306 g/mol. The summed E-state index contributed by atoms with van der Waals surface area (Å²) in [5.74, 6) is -0.0382. The summed E-state index contributed by atoms with van der Waals surface area (Å²) in [7, 11) is 0. The van der Waals surface area contributed by atoms with Gasteiger partial charge in [-0.3, -0.25) is 4.79 Å². The predicted octanol–water partition coefficient (Wildman–Crippen LogP) is 3.45. The van der Waals surface area contributed by atoms with E-state index in [2.05, 4.69) is 41.1 Å². The van der Waals surface area contributed by atoms with E-state index in [9.17, 15) is 4.79 Å². The van der Waals surface area contributed by atoms with Gasteiger partial charge in [-0.15, -0.1) is 11.3 Å². The number of aryl methyl sites for hydroxylation is 1. The highest BCUT2D eigenvalue weighted by Crippen LogP contribution is 2.25. The summed E-state index contributed by atoms with van der Waals surface area (Å²) < 4.78 is 0. The summed E-state index contributed by atoms with van der Waals surface area (Å²) in [4.78, 5) is 17.8. The second-order valence-electron chi connectivity index (χ2n) is 5.85. The first-order valence-electron chi connectivity index (χ1n) is 8.10. The van der Waals surface area contributed by atoms with Crippen molar-refractivity contribution in [3.8, 4) is 0 Å². The van der Waals surface area contributed by atoms with Crippen LogP contribution in [0.4, 0.5) is 11.4 Å². The van der Waals surface area contributed by atoms with E-state index >= 15 is 0 Å². The summed E-state index contributed by atoms with van der Waals surface area (Å²) in [6, 6.07) is 9.92. The maximum absolute atomic E-state index is 12.1. The first-order valence-corrected chi connectivity index (χ1v) is 8.98. The van der Waals surface area contributed by atoms with E-state index in [1.54, 1.807) is 0 Å². The van der Waals surface area contributed by atoms with Crippen LogP contribution in [0.25, 0.3) is 0 Å². The molecule has 1 N–H and O–H groups in total. The molecule has 1 aliphatic rings. The van der Waals surface area contributed by atoms with Crippen molar-refractivity contribution in [2.24, 2.45) is 0 Å². The van der Waals surface area contributed by atoms with Crippen molar-refractivity contribution < 1.29 is 4.79 Å². The summed E-state index contributed by atoms with van der Waals surface area (Å²) in [5.41, 5.74) is 3.34. The number of hydrogen-bond acceptors (Lipinski definition) is 4. The number of amides is 1. The smallest absolute Gasteiger partial charge is 0.265 e. The third-order valence-electron chi connectivity index (χ3n) is 4.36. The molecule has 1 saturated heterocycles. The van der Waals surface area contributed by atoms with Gasteiger partial charge in [-0.25, -0.2) is 0 Å². The second kappa shape index (κ2) is 7.15. The second-order valence-corrected chi connectivity index (χ2v) is 6.80. The fourth-order valence-corrected chi connectivity index (χ4v) is 3.61. The average molecular weight is 329 g/mol. The number of piperazine rings is 1. The first-order chi connectivity index (χ1) is 11.2. The van der Waals surface area contributed by atoms with Gasteiger partial charge in [-0.2, -0.15) is 0 Å². The topological polar surface area (TPSA) is 35.6 Å². The van der Waals surface area contributed by atoms with Crippen molar-refractivity contribution in [1.29, 1.82) is 0 Å². The third-order valence-corrected chi connectivity index (χ3v) is 5.23. The molecule has 0 radical (unpaired) electrons. The van der Waals surface area contributed by atoms with Gasteiger partial charge < -0.3 is 15.1 Å². The predicted molar refractivity (Wildman–Crippen MR) is 97.8 cm³/mol. The van der Waals surface area contributed by atoms with Gasteiger partial charge in [0.05, 0.1) is 4.88 Å². The summed E-state index contributed by atoms with van der Waals surface area (Å²) in [5, 5.41) is 4.89. The van der Waals surface area contributed by atoms with E-state index in [1.165, 1.54) is 22.6 Å². The molecule has 2 heterocycles. The molecule has 1 aromatic carbocycles. The fourth-order valence-electron chi connectivity index (χ4n) is 2.99. The molecule has 23 heavy (non-hydrogen) atoms. The summed E-state index contributed by atoms with van der Waals surface area (Å²) in [6.45, 7) is 9.82. The molecule has 1 fully saturated rings. The Morgan fingerprint density at radius 1 is 1.22 bits per heavy atom. The Hall–Kier alpha value is -1.85. The van der Waals surface area contributed by atoms with Crippen molar-refractivity contribution in [2.75, 3.05) is 42.9 Å². The molecule has 0 unspecified atom stereocenters. The lowest BCUT2D eigenvalue weighted by atomic mass is 10.1. The van der Waals surface area contributed by atoms with Crippen LogP contribution in [0.2, 0.25) is 0 Å². The fraction of sp³-hybridized carbons (Fsp3) is 0.389. The van der Waals surface area contributed by atoms with Crippen LogP contribution >= 0.6 is 11.3 Å². The van der Waals surface area contributed by atoms with Crippen LogP contribution in [-0.2, 0) is 0 Å². The highest BCUT2D eigenvalue weighted by Gasteiger charge is 2.17. The lowest BCUT2D eigenvalue weighted by Gasteiger charge is -2.36. The molecule has 122 valence electrons. The van der Waals surface area contributed by atoms with Gasteiger partial charge in [0.25, 0.3) is 5.91 Å². The monoisotopic (exact) mass is 329 g/mol. The number of anilines is 2. The maximum atomic E-state index is 12.1. The Bertz CT molecular complexity index is 661. The minimum absolute atomic E-state index is 0.0382. The molecule has 0 saturated carbocycles. The van der Waals surface area contributed by atoms with Gasteiger partial charge in [0, 0.05) is 37.6 Å². The highest BCUT2D eigenvalue weighted by molar-refractivity contribution is 7.12. The number of carbonyl (C=O) groups is 1. The van der Waals surface area contributed by atoms with Gasteiger partial charge in [0.2, 0.25) is 0 Å². The average Bonchev–Trinajstić information content (AvgIpc) is 3.10. The van der Waals surface area contributed by atoms with Gasteiger partial charge in [0.15, 0.2) is 0 Å². The Labute approximate surface area is 141 Å². The van der Waals surface area contributed by atoms with E-state index in [0.29, 0.717) is 0 Å². The number of carbonyl (C=O) groups excluding carboxylic acids is 1. The largest absolute Gasteiger partial charge is 0.369 e.